The molecule has 5 nitrogen and oxygen atoms in total. The summed E-state index contributed by atoms with van der Waals surface area (Å²) in [6.45, 7) is 5.71. The third-order valence-corrected chi connectivity index (χ3v) is 6.57. The van der Waals surface area contributed by atoms with Gasteiger partial charge in [-0.05, 0) is 49.6 Å². The maximum absolute atomic E-state index is 11.5. The van der Waals surface area contributed by atoms with Gasteiger partial charge in [-0.25, -0.2) is 0 Å². The minimum absolute atomic E-state index is 0. The molecule has 0 spiro atoms. The van der Waals surface area contributed by atoms with E-state index >= 15 is 0 Å². The van der Waals surface area contributed by atoms with Crippen LogP contribution in [0.25, 0.3) is 0 Å². The van der Waals surface area contributed by atoms with Gasteiger partial charge in [0.25, 0.3) is 0 Å². The fraction of sp³-hybridized carbons (Fsp3) is 0.435. The largest absolute Gasteiger partial charge is 0.494 e. The summed E-state index contributed by atoms with van der Waals surface area (Å²) in [5.41, 5.74) is 3.10. The molecule has 0 atom stereocenters. The molecule has 0 unspecified atom stereocenters. The predicted octanol–water partition coefficient (Wildman–Crippen LogP) is 5.44. The van der Waals surface area contributed by atoms with E-state index < -0.39 is 0 Å². The zero-order valence-corrected chi connectivity index (χ0v) is 20.6. The van der Waals surface area contributed by atoms with Crippen molar-refractivity contribution in [2.45, 2.75) is 25.7 Å². The number of piperazine rings is 1. The van der Waals surface area contributed by atoms with Crippen molar-refractivity contribution in [3.05, 3.63) is 52.0 Å². The van der Waals surface area contributed by atoms with Crippen LogP contribution in [-0.4, -0.2) is 50.1 Å². The number of halogens is 3. The number of hydrogen-bond donors (Lipinski definition) is 1. The lowest BCUT2D eigenvalue weighted by Gasteiger charge is -2.36. The number of nitrogens with one attached hydrogen (secondary N) is 1. The van der Waals surface area contributed by atoms with Crippen LogP contribution in [0.5, 0.6) is 5.75 Å². The summed E-state index contributed by atoms with van der Waals surface area (Å²) < 4.78 is 5.89. The molecular weight excluding hydrogens is 501 g/mol. The number of ether oxygens (including phenoxy) is 1. The van der Waals surface area contributed by atoms with E-state index in [4.69, 9.17) is 27.9 Å². The van der Waals surface area contributed by atoms with Gasteiger partial charge in [-0.1, -0.05) is 35.3 Å². The maximum Gasteiger partial charge on any atom is 0.224 e. The molecule has 168 valence electrons. The third kappa shape index (κ3) is 6.28. The second-order valence-electron chi connectivity index (χ2n) is 7.82. The highest BCUT2D eigenvalue weighted by atomic mass is 79.9. The molecule has 2 aromatic rings. The average molecular weight is 529 g/mol. The number of unbranched alkanes of at least 4 members (excludes halogenated alkanes) is 1. The quantitative estimate of drug-likeness (QED) is 0.486. The Labute approximate surface area is 204 Å². The monoisotopic (exact) mass is 527 g/mol. The number of hydrogen-bond acceptors (Lipinski definition) is 4. The van der Waals surface area contributed by atoms with Crippen LogP contribution in [-0.2, 0) is 11.2 Å². The molecule has 2 aliphatic rings. The van der Waals surface area contributed by atoms with Crippen LogP contribution in [0.2, 0.25) is 10.0 Å². The van der Waals surface area contributed by atoms with Crippen molar-refractivity contribution in [1.29, 1.82) is 0 Å². The van der Waals surface area contributed by atoms with Crippen LogP contribution < -0.4 is 15.0 Å². The topological polar surface area (TPSA) is 44.8 Å². The molecule has 1 saturated heterocycles. The summed E-state index contributed by atoms with van der Waals surface area (Å²) in [7, 11) is 0. The number of nitrogens with zero attached hydrogens (tertiary/aromatic N) is 2. The molecular formula is C23H28BrCl2N3O2. The number of anilines is 2. The van der Waals surface area contributed by atoms with Crippen LogP contribution in [0, 0.1) is 0 Å². The molecule has 0 radical (unpaired) electrons. The number of carbonyl (C=O) groups excluding carboxylic acids is 1. The Morgan fingerprint density at radius 1 is 1.00 bits per heavy atom. The Morgan fingerprint density at radius 2 is 1.81 bits per heavy atom. The number of fused-ring (bicyclic) bond motifs is 1. The van der Waals surface area contributed by atoms with E-state index in [0.717, 1.165) is 69.1 Å². The SMILES string of the molecule is Br.O=C1CCc2ccc(OCCCCN3CCN(c4cccc(Cl)c4Cl)CC3)cc2N1. The van der Waals surface area contributed by atoms with Crippen molar-refractivity contribution < 1.29 is 9.53 Å². The van der Waals surface area contributed by atoms with Gasteiger partial charge < -0.3 is 15.0 Å². The minimum Gasteiger partial charge on any atom is -0.494 e. The van der Waals surface area contributed by atoms with E-state index in [1.165, 1.54) is 5.56 Å². The van der Waals surface area contributed by atoms with Crippen molar-refractivity contribution in [3.8, 4) is 5.75 Å². The van der Waals surface area contributed by atoms with Gasteiger partial charge in [0.15, 0.2) is 0 Å². The van der Waals surface area contributed by atoms with Crippen molar-refractivity contribution >= 4 is 57.5 Å². The van der Waals surface area contributed by atoms with Crippen LogP contribution in [0.3, 0.4) is 0 Å². The fourth-order valence-corrected chi connectivity index (χ4v) is 4.43. The van der Waals surface area contributed by atoms with E-state index in [9.17, 15) is 4.79 Å². The van der Waals surface area contributed by atoms with Gasteiger partial charge in [0.1, 0.15) is 5.75 Å². The van der Waals surface area contributed by atoms with Crippen LogP contribution in [0.4, 0.5) is 11.4 Å². The molecule has 2 heterocycles. The first-order valence-corrected chi connectivity index (χ1v) is 11.3. The first-order chi connectivity index (χ1) is 14.6. The number of amides is 1. The molecule has 0 saturated carbocycles. The van der Waals surface area contributed by atoms with Gasteiger partial charge >= 0.3 is 0 Å². The standard InChI is InChI=1S/C23H27Cl2N3O2.BrH/c24-19-4-3-5-21(23(19)25)28-13-11-27(12-14-28)10-1-2-15-30-18-8-6-17-7-9-22(29)26-20(17)16-18;/h3-6,8,16H,1-2,7,9-15H2,(H,26,29);1H. The molecule has 1 fully saturated rings. The predicted molar refractivity (Wildman–Crippen MR) is 134 cm³/mol. The van der Waals surface area contributed by atoms with Crippen molar-refractivity contribution in [2.24, 2.45) is 0 Å². The summed E-state index contributed by atoms with van der Waals surface area (Å²) in [5.74, 6) is 0.903. The van der Waals surface area contributed by atoms with Crippen LogP contribution >= 0.6 is 40.2 Å². The van der Waals surface area contributed by atoms with Gasteiger partial charge in [0.2, 0.25) is 5.91 Å². The Kier molecular flexibility index (Phi) is 8.90. The molecule has 4 rings (SSSR count). The maximum atomic E-state index is 11.5. The second kappa shape index (κ2) is 11.4. The molecule has 0 aliphatic carbocycles. The Morgan fingerprint density at radius 3 is 2.61 bits per heavy atom. The van der Waals surface area contributed by atoms with E-state index in [-0.39, 0.29) is 22.9 Å². The van der Waals surface area contributed by atoms with Crippen LogP contribution in [0.15, 0.2) is 36.4 Å². The summed E-state index contributed by atoms with van der Waals surface area (Å²) in [4.78, 5) is 16.3. The summed E-state index contributed by atoms with van der Waals surface area (Å²) >= 11 is 12.5. The Balaban J connectivity index is 0.00000272. The highest BCUT2D eigenvalue weighted by Crippen LogP contribution is 2.33. The first kappa shape index (κ1) is 24.2. The minimum atomic E-state index is 0. The van der Waals surface area contributed by atoms with Crippen molar-refractivity contribution in [3.63, 3.8) is 0 Å². The van der Waals surface area contributed by atoms with Gasteiger partial charge in [0.05, 0.1) is 22.3 Å². The smallest absolute Gasteiger partial charge is 0.224 e. The average Bonchev–Trinajstić information content (AvgIpc) is 2.76. The Hall–Kier alpha value is -1.47. The Bertz CT molecular complexity index is 904. The summed E-state index contributed by atoms with van der Waals surface area (Å²) in [6.07, 6.45) is 3.47. The van der Waals surface area contributed by atoms with Crippen molar-refractivity contribution in [1.82, 2.24) is 4.90 Å². The molecule has 2 aliphatic heterocycles. The third-order valence-electron chi connectivity index (χ3n) is 5.76. The fourth-order valence-electron chi connectivity index (χ4n) is 4.02. The first-order valence-electron chi connectivity index (χ1n) is 10.6. The summed E-state index contributed by atoms with van der Waals surface area (Å²) in [6, 6.07) is 11.8. The molecule has 0 aromatic heterocycles. The second-order valence-corrected chi connectivity index (χ2v) is 8.61. The lowest BCUT2D eigenvalue weighted by atomic mass is 10.0. The molecule has 1 N–H and O–H groups in total. The van der Waals surface area contributed by atoms with E-state index in [2.05, 4.69) is 21.2 Å². The zero-order chi connectivity index (χ0) is 20.9. The van der Waals surface area contributed by atoms with Gasteiger partial charge in [-0.15, -0.1) is 17.0 Å². The number of aryl methyl sites for hydroxylation is 1. The van der Waals surface area contributed by atoms with E-state index in [1.54, 1.807) is 0 Å². The number of carbonyl (C=O) groups is 1. The van der Waals surface area contributed by atoms with Gasteiger partial charge in [-0.3, -0.25) is 9.69 Å². The van der Waals surface area contributed by atoms with Crippen molar-refractivity contribution in [2.75, 3.05) is 49.5 Å². The molecule has 0 bridgehead atoms. The van der Waals surface area contributed by atoms with Gasteiger partial charge in [0, 0.05) is 44.4 Å². The summed E-state index contributed by atoms with van der Waals surface area (Å²) in [5, 5.41) is 4.18. The van der Waals surface area contributed by atoms with Crippen LogP contribution in [0.1, 0.15) is 24.8 Å². The molecule has 8 heteroatoms. The normalized spacial score (nSPS) is 16.3. The lowest BCUT2D eigenvalue weighted by molar-refractivity contribution is -0.116. The highest BCUT2D eigenvalue weighted by Gasteiger charge is 2.19. The van der Waals surface area contributed by atoms with E-state index in [0.29, 0.717) is 23.1 Å². The number of benzene rings is 2. The molecule has 31 heavy (non-hydrogen) atoms. The number of rotatable bonds is 7. The molecule has 2 aromatic carbocycles. The zero-order valence-electron chi connectivity index (χ0n) is 17.4. The molecule has 1 amide bonds. The highest BCUT2D eigenvalue weighted by molar-refractivity contribution is 8.93. The van der Waals surface area contributed by atoms with Gasteiger partial charge in [-0.2, -0.15) is 0 Å². The lowest BCUT2D eigenvalue weighted by Crippen LogP contribution is -2.46. The van der Waals surface area contributed by atoms with E-state index in [1.807, 2.05) is 30.3 Å².